The summed E-state index contributed by atoms with van der Waals surface area (Å²) >= 11 is 5.99. The first-order valence-corrected chi connectivity index (χ1v) is 7.48. The maximum atomic E-state index is 13.7. The van der Waals surface area contributed by atoms with Gasteiger partial charge in [-0.3, -0.25) is 0 Å². The van der Waals surface area contributed by atoms with Crippen LogP contribution in [0.1, 0.15) is 18.1 Å². The smallest absolute Gasteiger partial charge is 0.131 e. The van der Waals surface area contributed by atoms with Crippen LogP contribution in [0.5, 0.6) is 5.75 Å². The molecule has 0 amide bonds. The van der Waals surface area contributed by atoms with Gasteiger partial charge in [0.2, 0.25) is 0 Å². The number of para-hydroxylation sites is 1. The minimum absolute atomic E-state index is 0.0684. The van der Waals surface area contributed by atoms with Gasteiger partial charge in [0.1, 0.15) is 18.2 Å². The molecule has 0 aromatic heterocycles. The van der Waals surface area contributed by atoms with Gasteiger partial charge in [-0.05, 0) is 25.1 Å². The molecular formula is C17H19ClFNO2. The Hall–Kier alpha value is -1.62. The Morgan fingerprint density at radius 1 is 1.23 bits per heavy atom. The van der Waals surface area contributed by atoms with Gasteiger partial charge in [-0.2, -0.15) is 0 Å². The molecule has 2 aromatic rings. The second-order valence-corrected chi connectivity index (χ2v) is 5.48. The number of rotatable bonds is 7. The minimum Gasteiger partial charge on any atom is -0.488 e. The second-order valence-electron chi connectivity index (χ2n) is 5.08. The van der Waals surface area contributed by atoms with Crippen LogP contribution < -0.4 is 10.1 Å². The van der Waals surface area contributed by atoms with E-state index in [4.69, 9.17) is 16.3 Å². The lowest BCUT2D eigenvalue weighted by atomic mass is 10.2. The molecule has 0 saturated carbocycles. The maximum Gasteiger partial charge on any atom is 0.131 e. The van der Waals surface area contributed by atoms with E-state index in [1.165, 1.54) is 6.07 Å². The fraction of sp³-hybridized carbons (Fsp3) is 0.294. The predicted octanol–water partition coefficient (Wildman–Crippen LogP) is 3.53. The van der Waals surface area contributed by atoms with Gasteiger partial charge in [-0.1, -0.05) is 35.9 Å². The number of nitrogens with one attached hydrogen (secondary N) is 1. The van der Waals surface area contributed by atoms with Gasteiger partial charge in [-0.25, -0.2) is 4.39 Å². The molecule has 2 N–H and O–H groups in total. The first-order chi connectivity index (χ1) is 10.6. The van der Waals surface area contributed by atoms with Crippen molar-refractivity contribution in [3.63, 3.8) is 0 Å². The van der Waals surface area contributed by atoms with Crippen LogP contribution in [-0.2, 0) is 13.2 Å². The largest absolute Gasteiger partial charge is 0.488 e. The minimum atomic E-state index is -0.412. The van der Waals surface area contributed by atoms with Crippen LogP contribution >= 0.6 is 11.6 Å². The second kappa shape index (κ2) is 8.13. The molecule has 0 heterocycles. The van der Waals surface area contributed by atoms with Crippen molar-refractivity contribution in [1.82, 2.24) is 5.32 Å². The lowest BCUT2D eigenvalue weighted by Crippen LogP contribution is -2.24. The van der Waals surface area contributed by atoms with Crippen LogP contribution in [0.2, 0.25) is 5.02 Å². The van der Waals surface area contributed by atoms with E-state index >= 15 is 0 Å². The Morgan fingerprint density at radius 3 is 2.73 bits per heavy atom. The lowest BCUT2D eigenvalue weighted by molar-refractivity contribution is 0.190. The summed E-state index contributed by atoms with van der Waals surface area (Å²) in [5.41, 5.74) is 1.28. The highest BCUT2D eigenvalue weighted by Gasteiger charge is 2.09. The van der Waals surface area contributed by atoms with Gasteiger partial charge in [-0.15, -0.1) is 0 Å². The van der Waals surface area contributed by atoms with E-state index in [0.717, 1.165) is 5.56 Å². The molecule has 0 fully saturated rings. The molecule has 0 aliphatic carbocycles. The predicted molar refractivity (Wildman–Crippen MR) is 85.6 cm³/mol. The molecule has 0 aliphatic rings. The van der Waals surface area contributed by atoms with E-state index in [1.54, 1.807) is 19.1 Å². The van der Waals surface area contributed by atoms with Crippen molar-refractivity contribution in [3.8, 4) is 5.75 Å². The van der Waals surface area contributed by atoms with E-state index < -0.39 is 6.10 Å². The number of hydrogen-bond donors (Lipinski definition) is 2. The quantitative estimate of drug-likeness (QED) is 0.819. The molecular weight excluding hydrogens is 305 g/mol. The van der Waals surface area contributed by atoms with E-state index in [9.17, 15) is 9.50 Å². The Kier molecular flexibility index (Phi) is 6.19. The average Bonchev–Trinajstić information content (AvgIpc) is 2.48. The summed E-state index contributed by atoms with van der Waals surface area (Å²) in [5.74, 6) is 0.289. The van der Waals surface area contributed by atoms with Crippen molar-refractivity contribution in [2.24, 2.45) is 0 Å². The maximum absolute atomic E-state index is 13.7. The molecule has 1 atom stereocenters. The Morgan fingerprint density at radius 2 is 2.00 bits per heavy atom. The monoisotopic (exact) mass is 323 g/mol. The summed E-state index contributed by atoms with van der Waals surface area (Å²) < 4.78 is 19.5. The summed E-state index contributed by atoms with van der Waals surface area (Å²) in [5, 5.41) is 12.7. The number of aliphatic hydroxyl groups excluding tert-OH is 1. The average molecular weight is 324 g/mol. The third-order valence-corrected chi connectivity index (χ3v) is 3.52. The van der Waals surface area contributed by atoms with E-state index in [-0.39, 0.29) is 12.4 Å². The molecule has 0 saturated heterocycles. The van der Waals surface area contributed by atoms with E-state index in [2.05, 4.69) is 5.32 Å². The molecule has 5 heteroatoms. The Labute approximate surface area is 134 Å². The standard InChI is InChI=1S/C17H19ClFNO2/c1-12(21)9-20-10-13-5-2-3-8-17(13)22-11-14-15(18)6-4-7-16(14)19/h2-8,12,20-21H,9-11H2,1H3. The molecule has 3 nitrogen and oxygen atoms in total. The zero-order valence-electron chi connectivity index (χ0n) is 12.4. The van der Waals surface area contributed by atoms with Gasteiger partial charge in [0.05, 0.1) is 11.1 Å². The number of ether oxygens (including phenoxy) is 1. The van der Waals surface area contributed by atoms with Gasteiger partial charge in [0, 0.05) is 24.2 Å². The Bertz CT molecular complexity index is 599. The fourth-order valence-corrected chi connectivity index (χ4v) is 2.24. The van der Waals surface area contributed by atoms with Crippen molar-refractivity contribution in [1.29, 1.82) is 0 Å². The van der Waals surface area contributed by atoms with Crippen LogP contribution in [0.25, 0.3) is 0 Å². The lowest BCUT2D eigenvalue weighted by Gasteiger charge is -2.14. The zero-order chi connectivity index (χ0) is 15.9. The summed E-state index contributed by atoms with van der Waals surface area (Å²) in [6, 6.07) is 12.1. The summed E-state index contributed by atoms with van der Waals surface area (Å²) in [6.07, 6.45) is -0.412. The van der Waals surface area contributed by atoms with Crippen molar-refractivity contribution < 1.29 is 14.2 Å². The van der Waals surface area contributed by atoms with E-state index in [1.807, 2.05) is 24.3 Å². The van der Waals surface area contributed by atoms with E-state index in [0.29, 0.717) is 29.4 Å². The van der Waals surface area contributed by atoms with Crippen LogP contribution in [-0.4, -0.2) is 17.8 Å². The summed E-state index contributed by atoms with van der Waals surface area (Å²) in [6.45, 7) is 2.84. The molecule has 0 radical (unpaired) electrons. The summed E-state index contributed by atoms with van der Waals surface area (Å²) in [4.78, 5) is 0. The van der Waals surface area contributed by atoms with Crippen molar-refractivity contribution in [2.45, 2.75) is 26.2 Å². The fourth-order valence-electron chi connectivity index (χ4n) is 2.03. The van der Waals surface area contributed by atoms with Crippen LogP contribution in [0.4, 0.5) is 4.39 Å². The molecule has 0 spiro atoms. The van der Waals surface area contributed by atoms with Gasteiger partial charge >= 0.3 is 0 Å². The van der Waals surface area contributed by atoms with Crippen molar-refractivity contribution >= 4 is 11.6 Å². The molecule has 2 rings (SSSR count). The van der Waals surface area contributed by atoms with Gasteiger partial charge in [0.25, 0.3) is 0 Å². The van der Waals surface area contributed by atoms with Crippen molar-refractivity contribution in [3.05, 3.63) is 64.4 Å². The van der Waals surface area contributed by atoms with Crippen molar-refractivity contribution in [2.75, 3.05) is 6.54 Å². The molecule has 1 unspecified atom stereocenters. The highest BCUT2D eigenvalue weighted by atomic mass is 35.5. The van der Waals surface area contributed by atoms with Crippen LogP contribution in [0.3, 0.4) is 0 Å². The molecule has 2 aromatic carbocycles. The topological polar surface area (TPSA) is 41.5 Å². The number of hydrogen-bond acceptors (Lipinski definition) is 3. The Balaban J connectivity index is 2.03. The SMILES string of the molecule is CC(O)CNCc1ccccc1OCc1c(F)cccc1Cl. The first kappa shape index (κ1) is 16.7. The highest BCUT2D eigenvalue weighted by molar-refractivity contribution is 6.31. The van der Waals surface area contributed by atoms with Gasteiger partial charge in [0.15, 0.2) is 0 Å². The number of aliphatic hydroxyl groups is 1. The third kappa shape index (κ3) is 4.70. The number of halogens is 2. The molecule has 22 heavy (non-hydrogen) atoms. The molecule has 118 valence electrons. The number of benzene rings is 2. The zero-order valence-corrected chi connectivity index (χ0v) is 13.1. The van der Waals surface area contributed by atoms with Gasteiger partial charge < -0.3 is 15.2 Å². The summed E-state index contributed by atoms with van der Waals surface area (Å²) in [7, 11) is 0. The van der Waals surface area contributed by atoms with Crippen LogP contribution in [0, 0.1) is 5.82 Å². The van der Waals surface area contributed by atoms with Crippen LogP contribution in [0.15, 0.2) is 42.5 Å². The molecule has 0 aliphatic heterocycles. The highest BCUT2D eigenvalue weighted by Crippen LogP contribution is 2.23. The normalized spacial score (nSPS) is 12.2. The third-order valence-electron chi connectivity index (χ3n) is 3.16. The first-order valence-electron chi connectivity index (χ1n) is 7.10. The molecule has 0 bridgehead atoms.